The second-order valence-electron chi connectivity index (χ2n) is 8.57. The number of benzene rings is 2. The highest BCUT2D eigenvalue weighted by molar-refractivity contribution is 7.93. The molecule has 1 atom stereocenters. The summed E-state index contributed by atoms with van der Waals surface area (Å²) in [5.74, 6) is -0.368. The van der Waals surface area contributed by atoms with Crippen LogP contribution in [0.25, 0.3) is 10.1 Å². The van der Waals surface area contributed by atoms with Crippen LogP contribution in [0.2, 0.25) is 0 Å². The van der Waals surface area contributed by atoms with Gasteiger partial charge in [0.15, 0.2) is 0 Å². The molecule has 3 aromatic rings. The number of rotatable bonds is 8. The predicted octanol–water partition coefficient (Wildman–Crippen LogP) is 5.93. The van der Waals surface area contributed by atoms with Crippen LogP contribution in [0.3, 0.4) is 0 Å². The van der Waals surface area contributed by atoms with E-state index in [-0.39, 0.29) is 18.0 Å². The Morgan fingerprint density at radius 1 is 1.15 bits per heavy atom. The molecule has 0 amide bonds. The lowest BCUT2D eigenvalue weighted by molar-refractivity contribution is -0.274. The van der Waals surface area contributed by atoms with Crippen molar-refractivity contribution >= 4 is 36.4 Å². The number of hydrogen-bond acceptors (Lipinski definition) is 5. The molecule has 1 aromatic heterocycles. The fourth-order valence-electron chi connectivity index (χ4n) is 4.33. The maximum Gasteiger partial charge on any atom is 0.573 e. The van der Waals surface area contributed by atoms with Gasteiger partial charge in [-0.2, -0.15) is 0 Å². The highest BCUT2D eigenvalue weighted by atomic mass is 32.2. The Labute approximate surface area is 201 Å². The molecule has 184 valence electrons. The molecule has 2 heterocycles. The van der Waals surface area contributed by atoms with Crippen LogP contribution in [0.4, 0.5) is 18.2 Å². The number of halogens is 3. The molecule has 10 heteroatoms. The van der Waals surface area contributed by atoms with Crippen LogP contribution in [0.15, 0.2) is 48.5 Å². The monoisotopic (exact) mass is 512 g/mol. The summed E-state index contributed by atoms with van der Waals surface area (Å²) in [6.07, 6.45) is -2.66. The number of alkyl halides is 3. The van der Waals surface area contributed by atoms with E-state index in [1.165, 1.54) is 39.9 Å². The van der Waals surface area contributed by atoms with Gasteiger partial charge in [-0.05, 0) is 67.9 Å². The number of nitrogens with zero attached hydrogens (tertiary/aromatic N) is 2. The molecule has 0 saturated carbocycles. The zero-order valence-corrected chi connectivity index (χ0v) is 20.6. The molecule has 0 bridgehead atoms. The first-order valence-electron chi connectivity index (χ1n) is 11.1. The number of aryl methyl sites for hydroxylation is 1. The molecule has 5 nitrogen and oxygen atoms in total. The van der Waals surface area contributed by atoms with Crippen LogP contribution in [-0.2, 0) is 16.6 Å². The standard InChI is InChI=1S/C24H27F3N2O3S2/c1-17-6-5-13-28(17)14-15-34(30,31)29(23-18(2)21-7-3-4-8-22(21)33-23)16-19-9-11-20(12-10-19)32-24(25,26)27/h3-4,7-12,17H,5-6,13-16H2,1-2H3. The summed E-state index contributed by atoms with van der Waals surface area (Å²) in [5.41, 5.74) is 1.44. The van der Waals surface area contributed by atoms with E-state index in [1.54, 1.807) is 0 Å². The van der Waals surface area contributed by atoms with Gasteiger partial charge in [-0.1, -0.05) is 30.3 Å². The van der Waals surface area contributed by atoms with E-state index in [0.29, 0.717) is 23.2 Å². The lowest BCUT2D eigenvalue weighted by Gasteiger charge is -2.27. The number of sulfonamides is 1. The van der Waals surface area contributed by atoms with Crippen molar-refractivity contribution in [2.24, 2.45) is 0 Å². The Hall–Kier alpha value is -2.30. The van der Waals surface area contributed by atoms with E-state index >= 15 is 0 Å². The molecule has 0 spiro atoms. The van der Waals surface area contributed by atoms with E-state index in [0.717, 1.165) is 35.0 Å². The summed E-state index contributed by atoms with van der Waals surface area (Å²) in [7, 11) is -3.70. The number of thiophene rings is 1. The van der Waals surface area contributed by atoms with Crippen molar-refractivity contribution in [3.8, 4) is 5.75 Å². The Morgan fingerprint density at radius 3 is 2.47 bits per heavy atom. The first-order chi connectivity index (χ1) is 16.0. The van der Waals surface area contributed by atoms with Crippen LogP contribution in [0.1, 0.15) is 30.9 Å². The predicted molar refractivity (Wildman–Crippen MR) is 130 cm³/mol. The molecule has 0 N–H and O–H groups in total. The van der Waals surface area contributed by atoms with Crippen LogP contribution in [0, 0.1) is 6.92 Å². The normalized spacial score (nSPS) is 17.4. The molecule has 1 fully saturated rings. The number of ether oxygens (including phenoxy) is 1. The summed E-state index contributed by atoms with van der Waals surface area (Å²) in [5, 5.41) is 1.62. The third-order valence-electron chi connectivity index (χ3n) is 6.19. The van der Waals surface area contributed by atoms with Crippen molar-refractivity contribution in [2.45, 2.75) is 45.6 Å². The molecule has 0 aliphatic carbocycles. The van der Waals surface area contributed by atoms with E-state index in [2.05, 4.69) is 16.6 Å². The van der Waals surface area contributed by atoms with Gasteiger partial charge in [-0.3, -0.25) is 9.21 Å². The Kier molecular flexibility index (Phi) is 7.12. The molecule has 1 saturated heterocycles. The first kappa shape index (κ1) is 24.8. The van der Waals surface area contributed by atoms with Gasteiger partial charge in [0.05, 0.1) is 12.3 Å². The van der Waals surface area contributed by atoms with Crippen molar-refractivity contribution in [2.75, 3.05) is 23.1 Å². The molecule has 1 unspecified atom stereocenters. The highest BCUT2D eigenvalue weighted by Crippen LogP contribution is 2.39. The zero-order valence-electron chi connectivity index (χ0n) is 19.0. The van der Waals surface area contributed by atoms with Gasteiger partial charge >= 0.3 is 6.36 Å². The Balaban J connectivity index is 1.64. The van der Waals surface area contributed by atoms with E-state index < -0.39 is 16.4 Å². The molecule has 4 rings (SSSR count). The van der Waals surface area contributed by atoms with Gasteiger partial charge < -0.3 is 4.74 Å². The SMILES string of the molecule is Cc1c(N(Cc2ccc(OC(F)(F)F)cc2)S(=O)(=O)CCN2CCCC2C)sc2ccccc12. The number of likely N-dealkylation sites (tertiary alicyclic amines) is 1. The van der Waals surface area contributed by atoms with Crippen LogP contribution in [0.5, 0.6) is 5.75 Å². The molecule has 0 radical (unpaired) electrons. The van der Waals surface area contributed by atoms with Gasteiger partial charge in [0, 0.05) is 17.3 Å². The summed E-state index contributed by atoms with van der Waals surface area (Å²) in [4.78, 5) is 2.19. The Morgan fingerprint density at radius 2 is 1.85 bits per heavy atom. The summed E-state index contributed by atoms with van der Waals surface area (Å²) in [6.45, 7) is 5.37. The molecule has 1 aliphatic rings. The molecule has 2 aromatic carbocycles. The minimum atomic E-state index is -4.78. The average Bonchev–Trinajstić information content (AvgIpc) is 3.33. The van der Waals surface area contributed by atoms with E-state index in [1.807, 2.05) is 31.2 Å². The second-order valence-corrected chi connectivity index (χ2v) is 11.6. The lowest BCUT2D eigenvalue weighted by Crippen LogP contribution is -2.38. The largest absolute Gasteiger partial charge is 0.573 e. The third-order valence-corrected chi connectivity index (χ3v) is 9.28. The summed E-state index contributed by atoms with van der Waals surface area (Å²) < 4.78 is 71.1. The first-order valence-corrected chi connectivity index (χ1v) is 13.5. The van der Waals surface area contributed by atoms with Crippen LogP contribution < -0.4 is 9.04 Å². The van der Waals surface area contributed by atoms with Crippen molar-refractivity contribution in [1.82, 2.24) is 4.90 Å². The van der Waals surface area contributed by atoms with Gasteiger partial charge in [0.2, 0.25) is 10.0 Å². The third kappa shape index (κ3) is 5.67. The van der Waals surface area contributed by atoms with Crippen molar-refractivity contribution in [3.63, 3.8) is 0 Å². The molecule has 34 heavy (non-hydrogen) atoms. The molecular weight excluding hydrogens is 485 g/mol. The quantitative estimate of drug-likeness (QED) is 0.376. The van der Waals surface area contributed by atoms with Crippen molar-refractivity contribution < 1.29 is 26.3 Å². The van der Waals surface area contributed by atoms with Gasteiger partial charge in [0.25, 0.3) is 0 Å². The van der Waals surface area contributed by atoms with E-state index in [9.17, 15) is 21.6 Å². The van der Waals surface area contributed by atoms with Crippen molar-refractivity contribution in [3.05, 3.63) is 59.7 Å². The van der Waals surface area contributed by atoms with Gasteiger partial charge in [-0.25, -0.2) is 8.42 Å². The number of anilines is 1. The minimum Gasteiger partial charge on any atom is -0.406 e. The second kappa shape index (κ2) is 9.75. The maximum atomic E-state index is 13.6. The smallest absolute Gasteiger partial charge is 0.406 e. The fourth-order valence-corrected chi connectivity index (χ4v) is 7.31. The van der Waals surface area contributed by atoms with Gasteiger partial charge in [0.1, 0.15) is 10.8 Å². The fraction of sp³-hybridized carbons (Fsp3) is 0.417. The molecular formula is C24H27F3N2O3S2. The maximum absolute atomic E-state index is 13.6. The minimum absolute atomic E-state index is 0.0256. The lowest BCUT2D eigenvalue weighted by atomic mass is 10.2. The van der Waals surface area contributed by atoms with Crippen LogP contribution in [-0.4, -0.2) is 44.6 Å². The van der Waals surface area contributed by atoms with Gasteiger partial charge in [-0.15, -0.1) is 24.5 Å². The topological polar surface area (TPSA) is 49.9 Å². The average molecular weight is 513 g/mol. The highest BCUT2D eigenvalue weighted by Gasteiger charge is 2.32. The summed E-state index contributed by atoms with van der Waals surface area (Å²) in [6, 6.07) is 13.4. The molecule has 1 aliphatic heterocycles. The zero-order chi connectivity index (χ0) is 24.5. The van der Waals surface area contributed by atoms with Crippen LogP contribution >= 0.6 is 11.3 Å². The summed E-state index contributed by atoms with van der Waals surface area (Å²) >= 11 is 1.41. The van der Waals surface area contributed by atoms with E-state index in [4.69, 9.17) is 0 Å². The number of hydrogen-bond donors (Lipinski definition) is 0. The van der Waals surface area contributed by atoms with Crippen molar-refractivity contribution in [1.29, 1.82) is 0 Å². The number of fused-ring (bicyclic) bond motifs is 1. The Bertz CT molecular complexity index is 1240.